The van der Waals surface area contributed by atoms with Crippen LogP contribution in [0.5, 0.6) is 0 Å². The summed E-state index contributed by atoms with van der Waals surface area (Å²) in [6.45, 7) is 3.98. The average molecular weight is 343 g/mol. The van der Waals surface area contributed by atoms with Gasteiger partial charge in [0.25, 0.3) is 5.91 Å². The van der Waals surface area contributed by atoms with Crippen molar-refractivity contribution < 1.29 is 9.59 Å². The molecule has 1 aromatic carbocycles. The van der Waals surface area contributed by atoms with Gasteiger partial charge in [-0.15, -0.1) is 0 Å². The van der Waals surface area contributed by atoms with Crippen molar-refractivity contribution in [3.05, 3.63) is 35.9 Å². The van der Waals surface area contributed by atoms with Crippen molar-refractivity contribution >= 4 is 11.8 Å². The number of piperidine rings is 1. The highest BCUT2D eigenvalue weighted by atomic mass is 16.2. The molecule has 0 aliphatic carbocycles. The molecule has 0 unspecified atom stereocenters. The SMILES string of the molecule is CC(C)[C@H](N)C(=O)N1[C@H]2CC[C@H]1CC(N(C)C(=O)c1ccccc1)C2. The number of carbonyl (C=O) groups is 2. The quantitative estimate of drug-likeness (QED) is 0.912. The number of carbonyl (C=O) groups excluding carboxylic acids is 2. The lowest BCUT2D eigenvalue weighted by Crippen LogP contribution is -2.57. The van der Waals surface area contributed by atoms with E-state index in [0.29, 0.717) is 0 Å². The summed E-state index contributed by atoms with van der Waals surface area (Å²) in [6, 6.07) is 9.59. The van der Waals surface area contributed by atoms with Crippen LogP contribution < -0.4 is 5.73 Å². The molecule has 0 aromatic heterocycles. The number of nitrogens with zero attached hydrogens (tertiary/aromatic N) is 2. The van der Waals surface area contributed by atoms with Crippen LogP contribution >= 0.6 is 0 Å². The third-order valence-electron chi connectivity index (χ3n) is 5.85. The molecule has 2 fully saturated rings. The zero-order chi connectivity index (χ0) is 18.1. The van der Waals surface area contributed by atoms with Crippen LogP contribution in [-0.2, 0) is 4.79 Å². The highest BCUT2D eigenvalue weighted by Crippen LogP contribution is 2.38. The van der Waals surface area contributed by atoms with E-state index in [4.69, 9.17) is 5.73 Å². The van der Waals surface area contributed by atoms with Crippen molar-refractivity contribution in [2.75, 3.05) is 7.05 Å². The first-order valence-electron chi connectivity index (χ1n) is 9.30. The minimum atomic E-state index is -0.427. The van der Waals surface area contributed by atoms with Crippen molar-refractivity contribution in [1.82, 2.24) is 9.80 Å². The first-order valence-corrected chi connectivity index (χ1v) is 9.30. The van der Waals surface area contributed by atoms with E-state index in [1.165, 1.54) is 0 Å². The molecule has 3 rings (SSSR count). The molecule has 5 heteroatoms. The molecule has 2 heterocycles. The predicted octanol–water partition coefficient (Wildman–Crippen LogP) is 2.26. The Morgan fingerprint density at radius 2 is 1.68 bits per heavy atom. The summed E-state index contributed by atoms with van der Waals surface area (Å²) in [5.74, 6) is 0.286. The Labute approximate surface area is 150 Å². The second-order valence-electron chi connectivity index (χ2n) is 7.81. The topological polar surface area (TPSA) is 66.6 Å². The van der Waals surface area contributed by atoms with Crippen LogP contribution in [0, 0.1) is 5.92 Å². The van der Waals surface area contributed by atoms with Crippen LogP contribution in [-0.4, -0.2) is 52.8 Å². The van der Waals surface area contributed by atoms with Crippen molar-refractivity contribution in [1.29, 1.82) is 0 Å². The zero-order valence-corrected chi connectivity index (χ0v) is 15.4. The molecule has 3 atom stereocenters. The van der Waals surface area contributed by atoms with Gasteiger partial charge >= 0.3 is 0 Å². The van der Waals surface area contributed by atoms with Gasteiger partial charge < -0.3 is 15.5 Å². The summed E-state index contributed by atoms with van der Waals surface area (Å²) < 4.78 is 0. The third kappa shape index (κ3) is 3.43. The predicted molar refractivity (Wildman–Crippen MR) is 98.0 cm³/mol. The lowest BCUT2D eigenvalue weighted by molar-refractivity contribution is -0.138. The Bertz CT molecular complexity index is 617. The maximum Gasteiger partial charge on any atom is 0.253 e. The van der Waals surface area contributed by atoms with E-state index in [1.54, 1.807) is 0 Å². The minimum Gasteiger partial charge on any atom is -0.339 e. The second-order valence-corrected chi connectivity index (χ2v) is 7.81. The smallest absolute Gasteiger partial charge is 0.253 e. The van der Waals surface area contributed by atoms with E-state index in [9.17, 15) is 9.59 Å². The molecule has 0 radical (unpaired) electrons. The normalized spacial score (nSPS) is 26.6. The summed E-state index contributed by atoms with van der Waals surface area (Å²) in [5.41, 5.74) is 6.83. The molecular formula is C20H29N3O2. The van der Waals surface area contributed by atoms with Crippen molar-refractivity contribution in [3.63, 3.8) is 0 Å². The first kappa shape index (κ1) is 17.9. The van der Waals surface area contributed by atoms with Gasteiger partial charge in [-0.05, 0) is 43.7 Å². The lowest BCUT2D eigenvalue weighted by Gasteiger charge is -2.43. The van der Waals surface area contributed by atoms with Gasteiger partial charge in [0, 0.05) is 30.7 Å². The molecule has 25 heavy (non-hydrogen) atoms. The van der Waals surface area contributed by atoms with Crippen molar-refractivity contribution in [3.8, 4) is 0 Å². The molecule has 2 bridgehead atoms. The van der Waals surface area contributed by atoms with Gasteiger partial charge in [-0.25, -0.2) is 0 Å². The summed E-state index contributed by atoms with van der Waals surface area (Å²) >= 11 is 0. The fraction of sp³-hybridized carbons (Fsp3) is 0.600. The van der Waals surface area contributed by atoms with Gasteiger partial charge in [-0.1, -0.05) is 32.0 Å². The van der Waals surface area contributed by atoms with Gasteiger partial charge in [0.05, 0.1) is 6.04 Å². The Morgan fingerprint density at radius 1 is 1.12 bits per heavy atom. The van der Waals surface area contributed by atoms with Crippen LogP contribution in [0.4, 0.5) is 0 Å². The lowest BCUT2D eigenvalue weighted by atomic mass is 9.93. The van der Waals surface area contributed by atoms with Gasteiger partial charge in [-0.2, -0.15) is 0 Å². The van der Waals surface area contributed by atoms with E-state index < -0.39 is 6.04 Å². The standard InChI is InChI=1S/C20H29N3O2/c1-13(2)18(21)20(25)23-15-9-10-16(23)12-17(11-15)22(3)19(24)14-7-5-4-6-8-14/h4-8,13,15-18H,9-12,21H2,1-3H3/t15-,16-,18-/m0/s1. The van der Waals surface area contributed by atoms with E-state index >= 15 is 0 Å². The molecule has 2 aliphatic rings. The van der Waals surface area contributed by atoms with Crippen LogP contribution in [0.2, 0.25) is 0 Å². The molecule has 5 nitrogen and oxygen atoms in total. The molecule has 0 saturated carbocycles. The van der Waals surface area contributed by atoms with Crippen LogP contribution in [0.1, 0.15) is 49.9 Å². The first-order chi connectivity index (χ1) is 11.9. The molecule has 1 aromatic rings. The summed E-state index contributed by atoms with van der Waals surface area (Å²) in [4.78, 5) is 29.4. The minimum absolute atomic E-state index is 0.0589. The molecule has 2 saturated heterocycles. The second kappa shape index (κ2) is 7.16. The largest absolute Gasteiger partial charge is 0.339 e. The number of amides is 2. The highest BCUT2D eigenvalue weighted by molar-refractivity contribution is 5.94. The van der Waals surface area contributed by atoms with E-state index in [-0.39, 0.29) is 35.9 Å². The fourth-order valence-electron chi connectivity index (χ4n) is 4.23. The van der Waals surface area contributed by atoms with E-state index in [2.05, 4.69) is 0 Å². The number of nitrogens with two attached hydrogens (primary N) is 1. The van der Waals surface area contributed by atoms with Crippen molar-refractivity contribution in [2.45, 2.75) is 63.7 Å². The Morgan fingerprint density at radius 3 is 2.20 bits per heavy atom. The molecule has 2 amide bonds. The Hall–Kier alpha value is -1.88. The molecule has 2 aliphatic heterocycles. The number of rotatable bonds is 4. The van der Waals surface area contributed by atoms with Crippen LogP contribution in [0.25, 0.3) is 0 Å². The van der Waals surface area contributed by atoms with Crippen LogP contribution in [0.15, 0.2) is 30.3 Å². The highest BCUT2D eigenvalue weighted by Gasteiger charge is 2.46. The maximum absolute atomic E-state index is 12.8. The van der Waals surface area contributed by atoms with E-state index in [0.717, 1.165) is 31.2 Å². The molecule has 2 N–H and O–H groups in total. The van der Waals surface area contributed by atoms with Crippen molar-refractivity contribution in [2.24, 2.45) is 11.7 Å². The third-order valence-corrected chi connectivity index (χ3v) is 5.85. The van der Waals surface area contributed by atoms with Gasteiger partial charge in [-0.3, -0.25) is 9.59 Å². The monoisotopic (exact) mass is 343 g/mol. The number of benzene rings is 1. The number of hydrogen-bond donors (Lipinski definition) is 1. The summed E-state index contributed by atoms with van der Waals surface area (Å²) in [6.07, 6.45) is 3.74. The van der Waals surface area contributed by atoms with Gasteiger partial charge in [0.15, 0.2) is 0 Å². The number of fused-ring (bicyclic) bond motifs is 2. The van der Waals surface area contributed by atoms with E-state index in [1.807, 2.05) is 61.0 Å². The zero-order valence-electron chi connectivity index (χ0n) is 15.4. The number of hydrogen-bond acceptors (Lipinski definition) is 3. The Kier molecular flexibility index (Phi) is 5.13. The fourth-order valence-corrected chi connectivity index (χ4v) is 4.23. The average Bonchev–Trinajstić information content (AvgIpc) is 2.89. The molecular weight excluding hydrogens is 314 g/mol. The van der Waals surface area contributed by atoms with Crippen LogP contribution in [0.3, 0.4) is 0 Å². The maximum atomic E-state index is 12.8. The summed E-state index contributed by atoms with van der Waals surface area (Å²) in [5, 5.41) is 0. The van der Waals surface area contributed by atoms with Gasteiger partial charge in [0.1, 0.15) is 0 Å². The molecule has 0 spiro atoms. The summed E-state index contributed by atoms with van der Waals surface area (Å²) in [7, 11) is 1.89. The van der Waals surface area contributed by atoms with Gasteiger partial charge in [0.2, 0.25) is 5.91 Å². The molecule has 136 valence electrons. The Balaban J connectivity index is 1.69.